The molecule has 0 unspecified atom stereocenters. The highest BCUT2D eigenvalue weighted by Gasteiger charge is 2.13. The van der Waals surface area contributed by atoms with Crippen LogP contribution in [0.5, 0.6) is 11.5 Å². The van der Waals surface area contributed by atoms with Crippen LogP contribution in [0.3, 0.4) is 0 Å². The Hall–Kier alpha value is -4.99. The molecule has 0 radical (unpaired) electrons. The molecule has 35 heavy (non-hydrogen) atoms. The molecule has 1 aromatic heterocycles. The SMILES string of the molecule is COc1cc(-c2cc(C(=O)N/N=C\c3cccc([N+](=O)[O-])c3)[nH]n2)ccc1OCc1ccccc1. The molecule has 0 saturated carbocycles. The molecule has 0 aliphatic rings. The molecule has 4 aromatic rings. The molecule has 1 amide bonds. The van der Waals surface area contributed by atoms with Gasteiger partial charge in [0, 0.05) is 23.3 Å². The summed E-state index contributed by atoms with van der Waals surface area (Å²) in [6.45, 7) is 0.403. The fourth-order valence-electron chi connectivity index (χ4n) is 3.21. The first-order chi connectivity index (χ1) is 17.0. The van der Waals surface area contributed by atoms with E-state index < -0.39 is 10.8 Å². The smallest absolute Gasteiger partial charge is 0.289 e. The summed E-state index contributed by atoms with van der Waals surface area (Å²) in [4.78, 5) is 22.8. The van der Waals surface area contributed by atoms with Crippen molar-refractivity contribution >= 4 is 17.8 Å². The predicted octanol–water partition coefficient (Wildman–Crippen LogP) is 4.34. The van der Waals surface area contributed by atoms with E-state index in [4.69, 9.17) is 9.47 Å². The van der Waals surface area contributed by atoms with Crippen molar-refractivity contribution in [1.29, 1.82) is 0 Å². The van der Waals surface area contributed by atoms with Crippen LogP contribution < -0.4 is 14.9 Å². The number of carbonyl (C=O) groups excluding carboxylic acids is 1. The van der Waals surface area contributed by atoms with Gasteiger partial charge in [0.1, 0.15) is 12.3 Å². The summed E-state index contributed by atoms with van der Waals surface area (Å²) in [6, 6.07) is 22.7. The lowest BCUT2D eigenvalue weighted by atomic mass is 10.1. The number of methoxy groups -OCH3 is 1. The van der Waals surface area contributed by atoms with Crippen LogP contribution >= 0.6 is 0 Å². The van der Waals surface area contributed by atoms with E-state index in [2.05, 4.69) is 20.7 Å². The van der Waals surface area contributed by atoms with E-state index >= 15 is 0 Å². The number of aromatic amines is 1. The molecule has 10 heteroatoms. The molecule has 0 spiro atoms. The Balaban J connectivity index is 1.41. The number of nitro groups is 1. The number of rotatable bonds is 9. The first-order valence-electron chi connectivity index (χ1n) is 10.5. The average Bonchev–Trinajstić information content (AvgIpc) is 3.39. The van der Waals surface area contributed by atoms with Crippen LogP contribution in [0.25, 0.3) is 11.3 Å². The Labute approximate surface area is 200 Å². The van der Waals surface area contributed by atoms with E-state index in [1.807, 2.05) is 36.4 Å². The minimum absolute atomic E-state index is 0.0644. The Morgan fingerprint density at radius 3 is 2.69 bits per heavy atom. The minimum atomic E-state index is -0.514. The predicted molar refractivity (Wildman–Crippen MR) is 130 cm³/mol. The standard InChI is InChI=1S/C25H21N5O5/c1-34-24-13-19(10-11-23(24)35-16-17-6-3-2-4-7-17)21-14-22(28-27-21)25(31)29-26-15-18-8-5-9-20(12-18)30(32)33/h2-15H,16H2,1H3,(H,27,28)(H,29,31)/b26-15-. The second-order valence-corrected chi connectivity index (χ2v) is 7.36. The van der Waals surface area contributed by atoms with E-state index in [0.29, 0.717) is 29.4 Å². The number of hydrogen-bond donors (Lipinski definition) is 2. The van der Waals surface area contributed by atoms with E-state index in [9.17, 15) is 14.9 Å². The third-order valence-electron chi connectivity index (χ3n) is 4.98. The molecule has 0 atom stereocenters. The zero-order valence-corrected chi connectivity index (χ0v) is 18.7. The van der Waals surface area contributed by atoms with Gasteiger partial charge in [0.05, 0.1) is 23.9 Å². The van der Waals surface area contributed by atoms with Gasteiger partial charge in [-0.15, -0.1) is 0 Å². The molecule has 0 aliphatic heterocycles. The van der Waals surface area contributed by atoms with Crippen LogP contribution in [0, 0.1) is 10.1 Å². The van der Waals surface area contributed by atoms with Gasteiger partial charge in [0.2, 0.25) is 0 Å². The number of H-pyrrole nitrogens is 1. The average molecular weight is 471 g/mol. The van der Waals surface area contributed by atoms with Crippen molar-refractivity contribution in [3.8, 4) is 22.8 Å². The van der Waals surface area contributed by atoms with Gasteiger partial charge in [-0.25, -0.2) is 5.43 Å². The Bertz CT molecular complexity index is 1370. The Morgan fingerprint density at radius 2 is 1.91 bits per heavy atom. The zero-order valence-electron chi connectivity index (χ0n) is 18.7. The highest BCUT2D eigenvalue weighted by Crippen LogP contribution is 2.32. The molecule has 2 N–H and O–H groups in total. The van der Waals surface area contributed by atoms with Crippen molar-refractivity contribution in [3.05, 3.63) is 106 Å². The van der Waals surface area contributed by atoms with E-state index in [0.717, 1.165) is 11.1 Å². The summed E-state index contributed by atoms with van der Waals surface area (Å²) in [5.74, 6) is 0.610. The quantitative estimate of drug-likeness (QED) is 0.212. The highest BCUT2D eigenvalue weighted by molar-refractivity contribution is 5.94. The van der Waals surface area contributed by atoms with Crippen LogP contribution in [0.2, 0.25) is 0 Å². The lowest BCUT2D eigenvalue weighted by Gasteiger charge is -2.11. The number of nitro benzene ring substituents is 1. The second-order valence-electron chi connectivity index (χ2n) is 7.36. The van der Waals surface area contributed by atoms with Gasteiger partial charge in [-0.05, 0) is 29.8 Å². The molecule has 0 saturated heterocycles. The second kappa shape index (κ2) is 10.8. The van der Waals surface area contributed by atoms with E-state index in [1.54, 1.807) is 31.4 Å². The number of hydrazone groups is 1. The molecule has 0 bridgehead atoms. The summed E-state index contributed by atoms with van der Waals surface area (Å²) < 4.78 is 11.3. The highest BCUT2D eigenvalue weighted by atomic mass is 16.6. The van der Waals surface area contributed by atoms with Crippen LogP contribution in [0.1, 0.15) is 21.6 Å². The number of benzene rings is 3. The van der Waals surface area contributed by atoms with Gasteiger partial charge in [-0.2, -0.15) is 10.2 Å². The number of nitrogens with one attached hydrogen (secondary N) is 2. The molecule has 0 aliphatic carbocycles. The first-order valence-corrected chi connectivity index (χ1v) is 10.5. The lowest BCUT2D eigenvalue weighted by Crippen LogP contribution is -2.18. The van der Waals surface area contributed by atoms with Gasteiger partial charge >= 0.3 is 0 Å². The number of aromatic nitrogens is 2. The van der Waals surface area contributed by atoms with Crippen molar-refractivity contribution in [2.45, 2.75) is 6.61 Å². The summed E-state index contributed by atoms with van der Waals surface area (Å²) in [5, 5.41) is 21.6. The minimum Gasteiger partial charge on any atom is -0.493 e. The van der Waals surface area contributed by atoms with Crippen molar-refractivity contribution in [2.75, 3.05) is 7.11 Å². The van der Waals surface area contributed by atoms with Gasteiger partial charge in [0.15, 0.2) is 11.5 Å². The first kappa shape index (κ1) is 23.2. The van der Waals surface area contributed by atoms with Gasteiger partial charge in [-0.3, -0.25) is 20.0 Å². The van der Waals surface area contributed by atoms with Crippen LogP contribution in [0.4, 0.5) is 5.69 Å². The molecule has 4 rings (SSSR count). The van der Waals surface area contributed by atoms with Gasteiger partial charge in [0.25, 0.3) is 11.6 Å². The normalized spacial score (nSPS) is 10.8. The summed E-state index contributed by atoms with van der Waals surface area (Å²) in [5.41, 5.74) is 5.27. The number of hydrogen-bond acceptors (Lipinski definition) is 7. The third-order valence-corrected chi connectivity index (χ3v) is 4.98. The zero-order chi connectivity index (χ0) is 24.6. The molecular weight excluding hydrogens is 450 g/mol. The van der Waals surface area contributed by atoms with Crippen molar-refractivity contribution in [1.82, 2.24) is 15.6 Å². The van der Waals surface area contributed by atoms with E-state index in [-0.39, 0.29) is 11.4 Å². The molecule has 1 heterocycles. The fraction of sp³-hybridized carbons (Fsp3) is 0.0800. The van der Waals surface area contributed by atoms with Gasteiger partial charge < -0.3 is 9.47 Å². The van der Waals surface area contributed by atoms with Crippen molar-refractivity contribution in [2.24, 2.45) is 5.10 Å². The van der Waals surface area contributed by atoms with Gasteiger partial charge in [-0.1, -0.05) is 42.5 Å². The largest absolute Gasteiger partial charge is 0.493 e. The van der Waals surface area contributed by atoms with Crippen LogP contribution in [-0.4, -0.2) is 34.4 Å². The van der Waals surface area contributed by atoms with Crippen molar-refractivity contribution in [3.63, 3.8) is 0 Å². The van der Waals surface area contributed by atoms with Crippen LogP contribution in [-0.2, 0) is 6.61 Å². The van der Waals surface area contributed by atoms with E-state index in [1.165, 1.54) is 24.4 Å². The number of carbonyl (C=O) groups is 1. The number of nitrogens with zero attached hydrogens (tertiary/aromatic N) is 3. The summed E-state index contributed by atoms with van der Waals surface area (Å²) >= 11 is 0. The lowest BCUT2D eigenvalue weighted by molar-refractivity contribution is -0.384. The summed E-state index contributed by atoms with van der Waals surface area (Å²) in [7, 11) is 1.55. The maximum absolute atomic E-state index is 12.4. The molecule has 176 valence electrons. The molecular formula is C25H21N5O5. The fourth-order valence-corrected chi connectivity index (χ4v) is 3.21. The monoisotopic (exact) mass is 471 g/mol. The Morgan fingerprint density at radius 1 is 1.09 bits per heavy atom. The number of amides is 1. The molecule has 10 nitrogen and oxygen atoms in total. The molecule has 3 aromatic carbocycles. The summed E-state index contributed by atoms with van der Waals surface area (Å²) in [6.07, 6.45) is 1.32. The Kier molecular flexibility index (Phi) is 7.12. The topological polar surface area (TPSA) is 132 Å². The maximum Gasteiger partial charge on any atom is 0.289 e. The van der Waals surface area contributed by atoms with Crippen molar-refractivity contribution < 1.29 is 19.2 Å². The van der Waals surface area contributed by atoms with Crippen LogP contribution in [0.15, 0.2) is 84.0 Å². The third kappa shape index (κ3) is 5.88. The maximum atomic E-state index is 12.4. The number of non-ortho nitro benzene ring substituents is 1. The number of ether oxygens (including phenoxy) is 2. The molecule has 0 fully saturated rings.